The minimum absolute atomic E-state index is 0.000196. The Morgan fingerprint density at radius 2 is 1.77 bits per heavy atom. The van der Waals surface area contributed by atoms with Gasteiger partial charge < -0.3 is 34.8 Å². The SMILES string of the molecule is CCc1noc([C@H]2O[C@@H](n3cnc4c(NCC(c5ccccc5)c5ccccc5)nc(NCCO)nc43)[C@H](OC=O)[C@@H]2O)n1. The Morgan fingerprint density at radius 3 is 2.41 bits per heavy atom. The second kappa shape index (κ2) is 13.2. The van der Waals surface area contributed by atoms with Crippen molar-refractivity contribution in [1.29, 1.82) is 0 Å². The zero-order valence-corrected chi connectivity index (χ0v) is 23.9. The standard InChI is InChI=1S/C30H32N8O6/c1-2-21-34-28(44-37-21)24-23(41)25(42-17-40)29(43-24)38-16-33-22-26(35-30(31-13-14-39)36-27(22)38)32-15-20(18-9-5-3-6-10-18)19-11-7-4-8-12-19/h3-12,16-17,20,23-25,29,39,41H,2,13-15H2,1H3,(H2,31,32,35,36)/t23-,24+,25-,29-/m1/s1. The van der Waals surface area contributed by atoms with Gasteiger partial charge in [0.25, 0.3) is 12.4 Å². The number of hydrogen-bond acceptors (Lipinski definition) is 13. The lowest BCUT2D eigenvalue weighted by molar-refractivity contribution is -0.142. The average molecular weight is 601 g/mol. The number of benzene rings is 2. The van der Waals surface area contributed by atoms with Crippen LogP contribution in [0.2, 0.25) is 0 Å². The summed E-state index contributed by atoms with van der Waals surface area (Å²) in [6.07, 6.45) is -2.51. The van der Waals surface area contributed by atoms with Crippen LogP contribution in [0.25, 0.3) is 11.2 Å². The summed E-state index contributed by atoms with van der Waals surface area (Å²) in [4.78, 5) is 29.6. The lowest BCUT2D eigenvalue weighted by atomic mass is 9.91. The first-order valence-corrected chi connectivity index (χ1v) is 14.3. The maximum Gasteiger partial charge on any atom is 0.293 e. The maximum atomic E-state index is 11.5. The third kappa shape index (κ3) is 5.82. The van der Waals surface area contributed by atoms with Gasteiger partial charge in [-0.1, -0.05) is 72.7 Å². The fourth-order valence-electron chi connectivity index (χ4n) is 5.29. The molecular formula is C30H32N8O6. The van der Waals surface area contributed by atoms with Crippen LogP contribution in [0.4, 0.5) is 11.8 Å². The topological polar surface area (TPSA) is 183 Å². The molecule has 0 aliphatic carbocycles. The van der Waals surface area contributed by atoms with Crippen molar-refractivity contribution in [3.63, 3.8) is 0 Å². The zero-order valence-electron chi connectivity index (χ0n) is 23.9. The molecule has 1 saturated heterocycles. The molecule has 6 rings (SSSR count). The minimum Gasteiger partial charge on any atom is -0.457 e. The Labute approximate surface area is 252 Å². The van der Waals surface area contributed by atoms with E-state index in [1.807, 2.05) is 43.3 Å². The maximum absolute atomic E-state index is 11.5. The van der Waals surface area contributed by atoms with Gasteiger partial charge in [-0.25, -0.2) is 4.98 Å². The summed E-state index contributed by atoms with van der Waals surface area (Å²) in [6.45, 7) is 2.69. The minimum atomic E-state index is -1.31. The zero-order chi connectivity index (χ0) is 30.5. The highest BCUT2D eigenvalue weighted by Crippen LogP contribution is 2.41. The number of hydrogen-bond donors (Lipinski definition) is 4. The summed E-state index contributed by atoms with van der Waals surface area (Å²) in [5.41, 5.74) is 3.02. The van der Waals surface area contributed by atoms with E-state index in [2.05, 4.69) is 60.0 Å². The lowest BCUT2D eigenvalue weighted by Crippen LogP contribution is -2.32. The number of rotatable bonds is 13. The van der Waals surface area contributed by atoms with E-state index in [0.29, 0.717) is 35.8 Å². The number of carbonyl (C=O) groups excluding carboxylic acids is 1. The van der Waals surface area contributed by atoms with Crippen LogP contribution in [0.15, 0.2) is 71.5 Å². The molecule has 1 aliphatic rings. The number of ether oxygens (including phenoxy) is 2. The summed E-state index contributed by atoms with van der Waals surface area (Å²) < 4.78 is 18.3. The van der Waals surface area contributed by atoms with Crippen LogP contribution in [0.5, 0.6) is 0 Å². The number of anilines is 2. The van der Waals surface area contributed by atoms with Gasteiger partial charge in [0.15, 0.2) is 41.2 Å². The molecule has 0 spiro atoms. The predicted molar refractivity (Wildman–Crippen MR) is 158 cm³/mol. The third-order valence-corrected chi connectivity index (χ3v) is 7.44. The molecule has 0 unspecified atom stereocenters. The Balaban J connectivity index is 1.36. The molecule has 1 fully saturated rings. The molecule has 0 amide bonds. The van der Waals surface area contributed by atoms with Crippen molar-refractivity contribution in [2.24, 2.45) is 0 Å². The Morgan fingerprint density at radius 1 is 1.05 bits per heavy atom. The summed E-state index contributed by atoms with van der Waals surface area (Å²) in [7, 11) is 0. The second-order valence-corrected chi connectivity index (χ2v) is 10.2. The smallest absolute Gasteiger partial charge is 0.293 e. The molecule has 1 aliphatic heterocycles. The largest absolute Gasteiger partial charge is 0.457 e. The Hall–Kier alpha value is -4.92. The number of aryl methyl sites for hydroxylation is 1. The van der Waals surface area contributed by atoms with Crippen LogP contribution in [0, 0.1) is 0 Å². The normalized spacial score (nSPS) is 19.8. The molecular weight excluding hydrogens is 568 g/mol. The highest BCUT2D eigenvalue weighted by Gasteiger charge is 2.50. The molecule has 0 radical (unpaired) electrons. The summed E-state index contributed by atoms with van der Waals surface area (Å²) in [5, 5.41) is 30.9. The van der Waals surface area contributed by atoms with Gasteiger partial charge >= 0.3 is 0 Å². The van der Waals surface area contributed by atoms with E-state index >= 15 is 0 Å². The Kier molecular flexibility index (Phi) is 8.72. The molecule has 4 atom stereocenters. The predicted octanol–water partition coefficient (Wildman–Crippen LogP) is 2.59. The number of nitrogens with one attached hydrogen (secondary N) is 2. The summed E-state index contributed by atoms with van der Waals surface area (Å²) in [5.74, 6) is 1.20. The van der Waals surface area contributed by atoms with Crippen molar-refractivity contribution in [2.45, 2.75) is 43.8 Å². The number of aliphatic hydroxyl groups excluding tert-OH is 2. The van der Waals surface area contributed by atoms with Crippen LogP contribution >= 0.6 is 0 Å². The average Bonchev–Trinajstić information content (AvgIpc) is 3.79. The van der Waals surface area contributed by atoms with E-state index in [0.717, 1.165) is 11.1 Å². The van der Waals surface area contributed by atoms with Crippen LogP contribution in [0.1, 0.15) is 48.0 Å². The monoisotopic (exact) mass is 600 g/mol. The van der Waals surface area contributed by atoms with E-state index in [1.165, 1.54) is 6.33 Å². The molecule has 14 heteroatoms. The first-order chi connectivity index (χ1) is 21.6. The number of carbonyl (C=O) groups is 1. The number of aliphatic hydroxyl groups is 2. The van der Waals surface area contributed by atoms with Crippen LogP contribution < -0.4 is 10.6 Å². The highest BCUT2D eigenvalue weighted by atomic mass is 16.6. The van der Waals surface area contributed by atoms with Gasteiger partial charge in [0, 0.05) is 25.4 Å². The fourth-order valence-corrected chi connectivity index (χ4v) is 5.29. The molecule has 44 heavy (non-hydrogen) atoms. The molecule has 3 aromatic heterocycles. The number of nitrogens with zero attached hydrogens (tertiary/aromatic N) is 6. The molecule has 4 N–H and O–H groups in total. The van der Waals surface area contributed by atoms with E-state index in [-0.39, 0.29) is 37.4 Å². The van der Waals surface area contributed by atoms with Crippen molar-refractivity contribution in [2.75, 3.05) is 30.3 Å². The number of fused-ring (bicyclic) bond motifs is 1. The van der Waals surface area contributed by atoms with E-state index in [1.54, 1.807) is 4.57 Å². The van der Waals surface area contributed by atoms with Gasteiger partial charge in [-0.05, 0) is 11.1 Å². The van der Waals surface area contributed by atoms with Gasteiger partial charge in [0.05, 0.1) is 12.9 Å². The van der Waals surface area contributed by atoms with Crippen molar-refractivity contribution in [3.05, 3.63) is 89.8 Å². The second-order valence-electron chi connectivity index (χ2n) is 10.2. The number of imidazole rings is 1. The van der Waals surface area contributed by atoms with Gasteiger partial charge in [0.2, 0.25) is 5.95 Å². The molecule has 0 bridgehead atoms. The molecule has 228 valence electrons. The highest BCUT2D eigenvalue weighted by molar-refractivity contribution is 5.84. The van der Waals surface area contributed by atoms with Gasteiger partial charge in [-0.15, -0.1) is 0 Å². The third-order valence-electron chi connectivity index (χ3n) is 7.44. The van der Waals surface area contributed by atoms with Crippen LogP contribution in [-0.4, -0.2) is 78.2 Å². The number of aromatic nitrogens is 6. The summed E-state index contributed by atoms with van der Waals surface area (Å²) >= 11 is 0. The Bertz CT molecular complexity index is 1640. The van der Waals surface area contributed by atoms with Crippen LogP contribution in [0.3, 0.4) is 0 Å². The molecule has 0 saturated carbocycles. The van der Waals surface area contributed by atoms with Crippen LogP contribution in [-0.2, 0) is 20.7 Å². The van der Waals surface area contributed by atoms with E-state index in [4.69, 9.17) is 14.0 Å². The fraction of sp³-hybridized carbons (Fsp3) is 0.333. The lowest BCUT2D eigenvalue weighted by Gasteiger charge is -2.21. The summed E-state index contributed by atoms with van der Waals surface area (Å²) in [6, 6.07) is 20.3. The first kappa shape index (κ1) is 29.2. The molecule has 4 heterocycles. The molecule has 2 aromatic carbocycles. The van der Waals surface area contributed by atoms with Gasteiger partial charge in [-0.2, -0.15) is 15.0 Å². The van der Waals surface area contributed by atoms with E-state index in [9.17, 15) is 15.0 Å². The molecule has 14 nitrogen and oxygen atoms in total. The van der Waals surface area contributed by atoms with Gasteiger partial charge in [-0.3, -0.25) is 9.36 Å². The first-order valence-electron chi connectivity index (χ1n) is 14.3. The van der Waals surface area contributed by atoms with Crippen molar-refractivity contribution in [1.82, 2.24) is 29.7 Å². The quantitative estimate of drug-likeness (QED) is 0.145. The van der Waals surface area contributed by atoms with Gasteiger partial charge in [0.1, 0.15) is 6.10 Å². The van der Waals surface area contributed by atoms with Crippen molar-refractivity contribution >= 4 is 29.4 Å². The van der Waals surface area contributed by atoms with Crippen molar-refractivity contribution in [3.8, 4) is 0 Å². The van der Waals surface area contributed by atoms with E-state index < -0.39 is 24.5 Å². The van der Waals surface area contributed by atoms with Crippen molar-refractivity contribution < 1.29 is 29.0 Å². The molecule has 5 aromatic rings.